The molecular weight excluding hydrogens is 444 g/mol. The van der Waals surface area contributed by atoms with Gasteiger partial charge >= 0.3 is 18.0 Å². The fraction of sp³-hybridized carbons (Fsp3) is 0.333. The van der Waals surface area contributed by atoms with Gasteiger partial charge in [0.1, 0.15) is 24.4 Å². The molecule has 0 aliphatic carbocycles. The zero-order valence-electron chi connectivity index (χ0n) is 19.0. The number of carbonyl (C=O) groups is 4. The van der Waals surface area contributed by atoms with E-state index in [-0.39, 0.29) is 31.6 Å². The van der Waals surface area contributed by atoms with Gasteiger partial charge in [-0.2, -0.15) is 0 Å². The van der Waals surface area contributed by atoms with E-state index in [1.165, 1.54) is 19.2 Å². The molecule has 2 aromatic carbocycles. The molecule has 0 spiro atoms. The first-order valence-electron chi connectivity index (χ1n) is 10.5. The number of amides is 2. The third-order valence-electron chi connectivity index (χ3n) is 4.85. The second-order valence-corrected chi connectivity index (χ2v) is 7.33. The van der Waals surface area contributed by atoms with Gasteiger partial charge in [0.25, 0.3) is 0 Å². The quantitative estimate of drug-likeness (QED) is 0.332. The SMILES string of the molecule is COC(=O)C(Cc1ccc(O)cc1)NC(=O)CCC(NC(=O)OCc1ccccc1)C(=O)OC. The van der Waals surface area contributed by atoms with Gasteiger partial charge in [0, 0.05) is 12.8 Å². The summed E-state index contributed by atoms with van der Waals surface area (Å²) >= 11 is 0. The number of alkyl carbamates (subject to hydrolysis) is 1. The number of phenols is 1. The standard InChI is InChI=1S/C24H28N2O8/c1-32-22(29)19(26-24(31)34-15-17-6-4-3-5-7-17)12-13-21(28)25-20(23(30)33-2)14-16-8-10-18(27)11-9-16/h3-11,19-20,27H,12-15H2,1-2H3,(H,25,28)(H,26,31). The molecule has 10 nitrogen and oxygen atoms in total. The first-order valence-corrected chi connectivity index (χ1v) is 10.5. The number of methoxy groups -OCH3 is 2. The molecule has 3 N–H and O–H groups in total. The topological polar surface area (TPSA) is 140 Å². The highest BCUT2D eigenvalue weighted by atomic mass is 16.6. The molecule has 2 aromatic rings. The molecule has 2 amide bonds. The number of hydrogen-bond acceptors (Lipinski definition) is 8. The molecule has 0 saturated carbocycles. The highest BCUT2D eigenvalue weighted by Crippen LogP contribution is 2.12. The van der Waals surface area contributed by atoms with Gasteiger partial charge in [-0.1, -0.05) is 42.5 Å². The molecule has 2 rings (SSSR count). The van der Waals surface area contributed by atoms with Gasteiger partial charge < -0.3 is 30.0 Å². The molecule has 2 unspecified atom stereocenters. The van der Waals surface area contributed by atoms with Crippen molar-refractivity contribution in [3.63, 3.8) is 0 Å². The van der Waals surface area contributed by atoms with Crippen LogP contribution in [-0.2, 0) is 41.6 Å². The average Bonchev–Trinajstić information content (AvgIpc) is 2.85. The van der Waals surface area contributed by atoms with Crippen LogP contribution >= 0.6 is 0 Å². The van der Waals surface area contributed by atoms with E-state index in [0.29, 0.717) is 5.56 Å². The lowest BCUT2D eigenvalue weighted by Crippen LogP contribution is -2.45. The molecule has 0 heterocycles. The van der Waals surface area contributed by atoms with Crippen LogP contribution in [0.15, 0.2) is 54.6 Å². The number of carbonyl (C=O) groups excluding carboxylic acids is 4. The molecule has 34 heavy (non-hydrogen) atoms. The fourth-order valence-corrected chi connectivity index (χ4v) is 3.04. The maximum absolute atomic E-state index is 12.5. The summed E-state index contributed by atoms with van der Waals surface area (Å²) in [6, 6.07) is 13.1. The zero-order chi connectivity index (χ0) is 24.9. The zero-order valence-corrected chi connectivity index (χ0v) is 19.0. The van der Waals surface area contributed by atoms with Crippen LogP contribution < -0.4 is 10.6 Å². The van der Waals surface area contributed by atoms with E-state index in [1.807, 2.05) is 6.07 Å². The lowest BCUT2D eigenvalue weighted by atomic mass is 10.0. The highest BCUT2D eigenvalue weighted by Gasteiger charge is 2.26. The number of ether oxygens (including phenoxy) is 3. The van der Waals surface area contributed by atoms with Gasteiger partial charge in [0.2, 0.25) is 5.91 Å². The summed E-state index contributed by atoms with van der Waals surface area (Å²) < 4.78 is 14.6. The molecule has 0 saturated heterocycles. The van der Waals surface area contributed by atoms with Crippen LogP contribution in [0.25, 0.3) is 0 Å². The third-order valence-corrected chi connectivity index (χ3v) is 4.85. The Kier molecular flexibility index (Phi) is 10.4. The summed E-state index contributed by atoms with van der Waals surface area (Å²) in [7, 11) is 2.37. The largest absolute Gasteiger partial charge is 0.508 e. The number of benzene rings is 2. The Balaban J connectivity index is 1.91. The summed E-state index contributed by atoms with van der Waals surface area (Å²) in [5.74, 6) is -1.83. The van der Waals surface area contributed by atoms with Crippen LogP contribution in [0.5, 0.6) is 5.75 Å². The van der Waals surface area contributed by atoms with Crippen molar-refractivity contribution in [3.05, 3.63) is 65.7 Å². The lowest BCUT2D eigenvalue weighted by molar-refractivity contribution is -0.145. The molecular formula is C24H28N2O8. The maximum Gasteiger partial charge on any atom is 0.408 e. The number of esters is 2. The number of aromatic hydroxyl groups is 1. The molecule has 0 bridgehead atoms. The molecule has 2 atom stereocenters. The summed E-state index contributed by atoms with van der Waals surface area (Å²) in [5, 5.41) is 14.4. The normalized spacial score (nSPS) is 12.1. The minimum atomic E-state index is -1.12. The van der Waals surface area contributed by atoms with Crippen molar-refractivity contribution in [1.29, 1.82) is 0 Å². The van der Waals surface area contributed by atoms with E-state index in [0.717, 1.165) is 12.7 Å². The first kappa shape index (κ1) is 26.2. The fourth-order valence-electron chi connectivity index (χ4n) is 3.04. The van der Waals surface area contributed by atoms with Gasteiger partial charge in [-0.25, -0.2) is 14.4 Å². The van der Waals surface area contributed by atoms with Crippen LogP contribution in [-0.4, -0.2) is 55.3 Å². The van der Waals surface area contributed by atoms with Crippen LogP contribution in [0.2, 0.25) is 0 Å². The minimum absolute atomic E-state index is 0.0130. The summed E-state index contributed by atoms with van der Waals surface area (Å²) in [4.78, 5) is 48.8. The van der Waals surface area contributed by atoms with E-state index in [4.69, 9.17) is 14.2 Å². The monoisotopic (exact) mass is 472 g/mol. The Morgan fingerprint density at radius 2 is 1.44 bits per heavy atom. The number of rotatable bonds is 11. The van der Waals surface area contributed by atoms with Crippen molar-refractivity contribution in [3.8, 4) is 5.75 Å². The number of phenolic OH excluding ortho intramolecular Hbond substituents is 1. The summed E-state index contributed by atoms with van der Waals surface area (Å²) in [6.07, 6.45) is -0.948. The minimum Gasteiger partial charge on any atom is -0.508 e. The van der Waals surface area contributed by atoms with E-state index in [9.17, 15) is 24.3 Å². The smallest absolute Gasteiger partial charge is 0.408 e. The Hall–Kier alpha value is -4.08. The summed E-state index contributed by atoms with van der Waals surface area (Å²) in [5.41, 5.74) is 1.47. The second kappa shape index (κ2) is 13.5. The molecule has 0 fully saturated rings. The molecule has 0 aromatic heterocycles. The second-order valence-electron chi connectivity index (χ2n) is 7.33. The Morgan fingerprint density at radius 3 is 2.06 bits per heavy atom. The maximum atomic E-state index is 12.5. The Labute approximate surface area is 197 Å². The molecule has 0 aliphatic heterocycles. The van der Waals surface area contributed by atoms with Gasteiger partial charge in [0.15, 0.2) is 0 Å². The number of hydrogen-bond donors (Lipinski definition) is 3. The van der Waals surface area contributed by atoms with E-state index in [2.05, 4.69) is 10.6 Å². The van der Waals surface area contributed by atoms with Gasteiger partial charge in [-0.05, 0) is 29.7 Å². The average molecular weight is 472 g/mol. The van der Waals surface area contributed by atoms with E-state index < -0.39 is 36.0 Å². The van der Waals surface area contributed by atoms with E-state index >= 15 is 0 Å². The number of nitrogens with one attached hydrogen (secondary N) is 2. The van der Waals surface area contributed by atoms with Gasteiger partial charge in [-0.15, -0.1) is 0 Å². The Morgan fingerprint density at radius 1 is 0.824 bits per heavy atom. The first-order chi connectivity index (χ1) is 16.3. The van der Waals surface area contributed by atoms with Crippen LogP contribution in [0.4, 0.5) is 4.79 Å². The lowest BCUT2D eigenvalue weighted by Gasteiger charge is -2.19. The van der Waals surface area contributed by atoms with Crippen LogP contribution in [0, 0.1) is 0 Å². The van der Waals surface area contributed by atoms with Gasteiger partial charge in [-0.3, -0.25) is 4.79 Å². The highest BCUT2D eigenvalue weighted by molar-refractivity contribution is 5.86. The molecule has 0 radical (unpaired) electrons. The van der Waals surface area contributed by atoms with Gasteiger partial charge in [0.05, 0.1) is 14.2 Å². The third kappa shape index (κ3) is 8.81. The molecule has 182 valence electrons. The Bertz CT molecular complexity index is 963. The predicted molar refractivity (Wildman–Crippen MR) is 121 cm³/mol. The van der Waals surface area contributed by atoms with Crippen molar-refractivity contribution in [2.75, 3.05) is 14.2 Å². The van der Waals surface area contributed by atoms with Crippen LogP contribution in [0.1, 0.15) is 24.0 Å². The van der Waals surface area contributed by atoms with Crippen molar-refractivity contribution in [1.82, 2.24) is 10.6 Å². The summed E-state index contributed by atoms with van der Waals surface area (Å²) in [6.45, 7) is 0.0130. The van der Waals surface area contributed by atoms with Crippen LogP contribution in [0.3, 0.4) is 0 Å². The predicted octanol–water partition coefficient (Wildman–Crippen LogP) is 1.84. The van der Waals surface area contributed by atoms with Crippen molar-refractivity contribution in [2.45, 2.75) is 38.0 Å². The van der Waals surface area contributed by atoms with Crippen molar-refractivity contribution >= 4 is 23.9 Å². The van der Waals surface area contributed by atoms with E-state index in [1.54, 1.807) is 36.4 Å². The van der Waals surface area contributed by atoms with Crippen molar-refractivity contribution < 1.29 is 38.5 Å². The molecule has 10 heteroatoms. The van der Waals surface area contributed by atoms with Crippen molar-refractivity contribution in [2.24, 2.45) is 0 Å². The molecule has 0 aliphatic rings.